The molecule has 0 bridgehead atoms. The molecule has 2 aromatic carbocycles. The van der Waals surface area contributed by atoms with Crippen molar-refractivity contribution < 1.29 is 14.6 Å². The third kappa shape index (κ3) is 3.69. The van der Waals surface area contributed by atoms with Gasteiger partial charge in [-0.15, -0.1) is 0 Å². The molecule has 27 heavy (non-hydrogen) atoms. The number of esters is 1. The van der Waals surface area contributed by atoms with E-state index in [1.807, 2.05) is 36.4 Å². The normalized spacial score (nSPS) is 18.4. The highest BCUT2D eigenvalue weighted by atomic mass is 16.5. The first-order chi connectivity index (χ1) is 13.2. The predicted octanol–water partition coefficient (Wildman–Crippen LogP) is 3.64. The van der Waals surface area contributed by atoms with Gasteiger partial charge < -0.3 is 9.84 Å². The molecule has 0 saturated heterocycles. The lowest BCUT2D eigenvalue weighted by molar-refractivity contribution is 0.0601. The van der Waals surface area contributed by atoms with Gasteiger partial charge in [-0.1, -0.05) is 30.3 Å². The van der Waals surface area contributed by atoms with Crippen LogP contribution in [0.4, 0.5) is 0 Å². The molecule has 4 rings (SSSR count). The van der Waals surface area contributed by atoms with E-state index in [2.05, 4.69) is 0 Å². The van der Waals surface area contributed by atoms with Gasteiger partial charge >= 0.3 is 5.97 Å². The molecular formula is C22H22N2O3. The van der Waals surface area contributed by atoms with Gasteiger partial charge in [0, 0.05) is 12.2 Å². The summed E-state index contributed by atoms with van der Waals surface area (Å²) < 4.78 is 4.81. The molecule has 0 radical (unpaired) electrons. The summed E-state index contributed by atoms with van der Waals surface area (Å²) in [5.74, 6) is 0.623. The van der Waals surface area contributed by atoms with Crippen LogP contribution < -0.4 is 0 Å². The fourth-order valence-electron chi connectivity index (χ4n) is 3.55. The number of nitrogens with zero attached hydrogens (tertiary/aromatic N) is 2. The van der Waals surface area contributed by atoms with Crippen molar-refractivity contribution in [3.05, 3.63) is 59.8 Å². The lowest BCUT2D eigenvalue weighted by atomic mass is 10.0. The Bertz CT molecular complexity index is 972. The van der Waals surface area contributed by atoms with Crippen LogP contribution in [0.5, 0.6) is 0 Å². The average Bonchev–Trinajstić information content (AvgIpc) is 3.50. The average molecular weight is 362 g/mol. The van der Waals surface area contributed by atoms with Crippen molar-refractivity contribution in [3.63, 3.8) is 0 Å². The van der Waals surface area contributed by atoms with E-state index in [-0.39, 0.29) is 12.6 Å². The quantitative estimate of drug-likeness (QED) is 0.678. The van der Waals surface area contributed by atoms with E-state index in [0.717, 1.165) is 41.7 Å². The Morgan fingerprint density at radius 1 is 1.11 bits per heavy atom. The van der Waals surface area contributed by atoms with Crippen molar-refractivity contribution >= 4 is 17.0 Å². The molecule has 1 unspecified atom stereocenters. The van der Waals surface area contributed by atoms with Crippen LogP contribution in [0.15, 0.2) is 48.5 Å². The van der Waals surface area contributed by atoms with Crippen molar-refractivity contribution in [2.45, 2.75) is 19.3 Å². The summed E-state index contributed by atoms with van der Waals surface area (Å²) in [5.41, 5.74) is 4.77. The largest absolute Gasteiger partial charge is 0.465 e. The van der Waals surface area contributed by atoms with Gasteiger partial charge in [-0.05, 0) is 49.3 Å². The van der Waals surface area contributed by atoms with Crippen molar-refractivity contribution in [3.8, 4) is 11.3 Å². The topological polar surface area (TPSA) is 72.3 Å². The molecule has 1 aliphatic rings. The molecule has 1 N–H and O–H groups in total. The van der Waals surface area contributed by atoms with E-state index in [4.69, 9.17) is 14.7 Å². The molecule has 1 heterocycles. The number of rotatable bonds is 6. The first-order valence-electron chi connectivity index (χ1n) is 9.25. The van der Waals surface area contributed by atoms with E-state index in [0.29, 0.717) is 22.9 Å². The summed E-state index contributed by atoms with van der Waals surface area (Å²) in [7, 11) is 1.37. The maximum absolute atomic E-state index is 11.8. The zero-order valence-electron chi connectivity index (χ0n) is 15.3. The molecule has 5 heteroatoms. The summed E-state index contributed by atoms with van der Waals surface area (Å²) >= 11 is 0. The molecular weight excluding hydrogens is 340 g/mol. The molecule has 5 nitrogen and oxygen atoms in total. The van der Waals surface area contributed by atoms with Gasteiger partial charge in [0.15, 0.2) is 0 Å². The highest BCUT2D eigenvalue weighted by Crippen LogP contribution is 2.41. The highest BCUT2D eigenvalue weighted by Gasteiger charge is 2.35. The molecule has 1 fully saturated rings. The fourth-order valence-corrected chi connectivity index (χ4v) is 3.55. The Morgan fingerprint density at radius 3 is 2.63 bits per heavy atom. The number of hydrogen-bond acceptors (Lipinski definition) is 5. The molecule has 138 valence electrons. The molecule has 0 amide bonds. The molecule has 3 aromatic rings. The minimum Gasteiger partial charge on any atom is -0.465 e. The number of aromatic nitrogens is 2. The van der Waals surface area contributed by atoms with Crippen molar-refractivity contribution in [1.29, 1.82) is 0 Å². The number of methoxy groups -OCH3 is 1. The van der Waals surface area contributed by atoms with Gasteiger partial charge in [-0.3, -0.25) is 0 Å². The van der Waals surface area contributed by atoms with Crippen LogP contribution in [0.3, 0.4) is 0 Å². The standard InChI is InChI=1S/C22H22N2O3/c1-27-22(26)16-8-9-18-20(12-16)23-19(10-7-15-11-17(15)13-25)21(24-18)14-5-3-2-4-6-14/h2-6,8-9,12,15,17,25H,7,10-11,13H2,1H3/t15?,17-/m0/s1. The number of aryl methyl sites for hydroxylation is 1. The molecule has 1 aliphatic carbocycles. The lowest BCUT2D eigenvalue weighted by Crippen LogP contribution is -2.04. The maximum Gasteiger partial charge on any atom is 0.337 e. The third-order valence-corrected chi connectivity index (χ3v) is 5.26. The number of ether oxygens (including phenoxy) is 1. The molecule has 1 aromatic heterocycles. The summed E-state index contributed by atoms with van der Waals surface area (Å²) in [6, 6.07) is 15.3. The summed E-state index contributed by atoms with van der Waals surface area (Å²) in [4.78, 5) is 21.5. The second kappa shape index (κ2) is 7.45. The summed E-state index contributed by atoms with van der Waals surface area (Å²) in [6.45, 7) is 0.266. The van der Waals surface area contributed by atoms with Crippen molar-refractivity contribution in [2.24, 2.45) is 11.8 Å². The Morgan fingerprint density at radius 2 is 1.93 bits per heavy atom. The zero-order chi connectivity index (χ0) is 18.8. The van der Waals surface area contributed by atoms with Gasteiger partial charge in [0.25, 0.3) is 0 Å². The Kier molecular flexibility index (Phi) is 4.86. The number of benzene rings is 2. The Hall–Kier alpha value is -2.79. The maximum atomic E-state index is 11.8. The molecule has 1 saturated carbocycles. The van der Waals surface area contributed by atoms with Crippen LogP contribution >= 0.6 is 0 Å². The number of aliphatic hydroxyl groups is 1. The third-order valence-electron chi connectivity index (χ3n) is 5.26. The monoisotopic (exact) mass is 362 g/mol. The van der Waals surface area contributed by atoms with E-state index in [1.165, 1.54) is 7.11 Å². The van der Waals surface area contributed by atoms with Crippen LogP contribution in [0.1, 0.15) is 28.9 Å². The van der Waals surface area contributed by atoms with Gasteiger partial charge in [-0.2, -0.15) is 0 Å². The zero-order valence-corrected chi connectivity index (χ0v) is 15.3. The molecule has 2 atom stereocenters. The molecule has 0 aliphatic heterocycles. The second-order valence-corrected chi connectivity index (χ2v) is 7.06. The number of aliphatic hydroxyl groups excluding tert-OH is 1. The number of carbonyl (C=O) groups excluding carboxylic acids is 1. The van der Waals surface area contributed by atoms with Gasteiger partial charge in [0.1, 0.15) is 0 Å². The van der Waals surface area contributed by atoms with E-state index >= 15 is 0 Å². The van der Waals surface area contributed by atoms with E-state index < -0.39 is 0 Å². The number of carbonyl (C=O) groups is 1. The summed E-state index contributed by atoms with van der Waals surface area (Å²) in [6.07, 6.45) is 2.88. The molecule has 0 spiro atoms. The van der Waals surface area contributed by atoms with Gasteiger partial charge in [0.05, 0.1) is 35.1 Å². The minimum absolute atomic E-state index is 0.266. The van der Waals surface area contributed by atoms with Crippen LogP contribution in [0.25, 0.3) is 22.3 Å². The van der Waals surface area contributed by atoms with Crippen LogP contribution in [0.2, 0.25) is 0 Å². The van der Waals surface area contributed by atoms with Gasteiger partial charge in [0.2, 0.25) is 0 Å². The smallest absolute Gasteiger partial charge is 0.337 e. The minimum atomic E-state index is -0.379. The Labute approximate surface area is 158 Å². The lowest BCUT2D eigenvalue weighted by Gasteiger charge is -2.11. The van der Waals surface area contributed by atoms with Gasteiger partial charge in [-0.25, -0.2) is 14.8 Å². The van der Waals surface area contributed by atoms with E-state index in [9.17, 15) is 9.90 Å². The van der Waals surface area contributed by atoms with Crippen LogP contribution in [-0.2, 0) is 11.2 Å². The summed E-state index contributed by atoms with van der Waals surface area (Å²) in [5, 5.41) is 9.28. The number of fused-ring (bicyclic) bond motifs is 1. The van der Waals surface area contributed by atoms with Crippen LogP contribution in [-0.4, -0.2) is 34.8 Å². The van der Waals surface area contributed by atoms with Crippen LogP contribution in [0, 0.1) is 11.8 Å². The predicted molar refractivity (Wildman–Crippen MR) is 103 cm³/mol. The second-order valence-electron chi connectivity index (χ2n) is 7.06. The first-order valence-corrected chi connectivity index (χ1v) is 9.25. The SMILES string of the molecule is COC(=O)c1ccc2nc(-c3ccccc3)c(CCC3C[C@H]3CO)nc2c1. The highest BCUT2D eigenvalue weighted by molar-refractivity contribution is 5.93. The number of hydrogen-bond donors (Lipinski definition) is 1. The van der Waals surface area contributed by atoms with E-state index in [1.54, 1.807) is 12.1 Å². The Balaban J connectivity index is 1.74. The van der Waals surface area contributed by atoms with Crippen molar-refractivity contribution in [1.82, 2.24) is 9.97 Å². The first kappa shape index (κ1) is 17.6. The fraction of sp³-hybridized carbons (Fsp3) is 0.318. The van der Waals surface area contributed by atoms with Crippen molar-refractivity contribution in [2.75, 3.05) is 13.7 Å².